The summed E-state index contributed by atoms with van der Waals surface area (Å²) in [6.45, 7) is 15.7. The Morgan fingerprint density at radius 1 is 0.691 bits per heavy atom. The maximum absolute atomic E-state index is 4.64. The van der Waals surface area contributed by atoms with Gasteiger partial charge in [0.15, 0.2) is 0 Å². The molecule has 4 aromatic rings. The molecule has 2 aliphatic heterocycles. The predicted molar refractivity (Wildman–Crippen MR) is 238 cm³/mol. The number of rotatable bonds is 6. The Morgan fingerprint density at radius 3 is 2.16 bits per heavy atom. The second-order valence-electron chi connectivity index (χ2n) is 14.3. The van der Waals surface area contributed by atoms with Gasteiger partial charge in [-0.15, -0.1) is 0 Å². The largest absolute Gasteiger partial charge is 0.339 e. The van der Waals surface area contributed by atoms with Gasteiger partial charge in [-0.25, -0.2) is 0 Å². The number of aromatic nitrogens is 1. The lowest BCUT2D eigenvalue weighted by atomic mass is 9.97. The predicted octanol–water partition coefficient (Wildman–Crippen LogP) is 13.9. The van der Waals surface area contributed by atoms with Crippen molar-refractivity contribution in [3.05, 3.63) is 223 Å². The molecule has 0 fully saturated rings. The smallest absolute Gasteiger partial charge is 0.0493 e. The summed E-state index contributed by atoms with van der Waals surface area (Å²) in [5.41, 5.74) is 13.8. The molecule has 0 N–H and O–H groups in total. The van der Waals surface area contributed by atoms with Crippen LogP contribution in [-0.2, 0) is 0 Å². The molecular weight excluding hydrogens is 667 g/mol. The SMILES string of the molecule is C=C1/C=C\C(C2=C/C=C(\C)N(c3cccc(-c4ccncc4)c3)C(C)/C=C\C=C/C(C)\C=C\2)=CCC/C(C)=C(/C=C\C)N1c1ccc(-c2ccccc2)cc1. The van der Waals surface area contributed by atoms with Crippen molar-refractivity contribution in [2.24, 2.45) is 5.92 Å². The third-order valence-electron chi connectivity index (χ3n) is 10.1. The summed E-state index contributed by atoms with van der Waals surface area (Å²) in [6, 6.07) is 32.4. The molecule has 6 rings (SSSR count). The molecule has 2 unspecified atom stereocenters. The molecule has 3 nitrogen and oxygen atoms in total. The summed E-state index contributed by atoms with van der Waals surface area (Å²) in [7, 11) is 0. The molecule has 0 bridgehead atoms. The zero-order valence-corrected chi connectivity index (χ0v) is 32.9. The van der Waals surface area contributed by atoms with Crippen LogP contribution >= 0.6 is 0 Å². The van der Waals surface area contributed by atoms with E-state index < -0.39 is 0 Å². The van der Waals surface area contributed by atoms with Gasteiger partial charge in [0.25, 0.3) is 0 Å². The second-order valence-corrected chi connectivity index (χ2v) is 14.3. The van der Waals surface area contributed by atoms with E-state index in [1.54, 1.807) is 0 Å². The zero-order chi connectivity index (χ0) is 38.6. The van der Waals surface area contributed by atoms with E-state index in [-0.39, 0.29) is 12.0 Å². The van der Waals surface area contributed by atoms with Crippen molar-refractivity contribution in [2.75, 3.05) is 9.80 Å². The third kappa shape index (κ3) is 9.87. The minimum atomic E-state index is 0.124. The van der Waals surface area contributed by atoms with Crippen molar-refractivity contribution in [3.63, 3.8) is 0 Å². The minimum Gasteiger partial charge on any atom is -0.339 e. The topological polar surface area (TPSA) is 19.4 Å². The molecule has 276 valence electrons. The summed E-state index contributed by atoms with van der Waals surface area (Å²) in [5.74, 6) is 0.268. The van der Waals surface area contributed by atoms with Gasteiger partial charge < -0.3 is 9.80 Å². The van der Waals surface area contributed by atoms with Crippen molar-refractivity contribution in [1.82, 2.24) is 4.98 Å². The van der Waals surface area contributed by atoms with Gasteiger partial charge in [-0.3, -0.25) is 4.98 Å². The maximum atomic E-state index is 4.64. The van der Waals surface area contributed by atoms with Crippen LogP contribution < -0.4 is 9.80 Å². The zero-order valence-electron chi connectivity index (χ0n) is 32.9. The van der Waals surface area contributed by atoms with Crippen LogP contribution in [0.4, 0.5) is 11.4 Å². The summed E-state index contributed by atoms with van der Waals surface area (Å²) in [4.78, 5) is 8.93. The Labute approximate surface area is 329 Å². The number of hydrogen-bond acceptors (Lipinski definition) is 3. The molecule has 0 spiro atoms. The van der Waals surface area contributed by atoms with E-state index >= 15 is 0 Å². The van der Waals surface area contributed by atoms with E-state index in [2.05, 4.69) is 226 Å². The van der Waals surface area contributed by atoms with E-state index in [1.165, 1.54) is 27.8 Å². The summed E-state index contributed by atoms with van der Waals surface area (Å²) in [5, 5.41) is 0. The fourth-order valence-electron chi connectivity index (χ4n) is 7.12. The lowest BCUT2D eigenvalue weighted by Crippen LogP contribution is -2.29. The Balaban J connectivity index is 1.39. The second kappa shape index (κ2) is 18.7. The number of hydrogen-bond donors (Lipinski definition) is 0. The third-order valence-corrected chi connectivity index (χ3v) is 10.1. The molecule has 3 heterocycles. The van der Waals surface area contributed by atoms with Gasteiger partial charge in [-0.1, -0.05) is 129 Å². The minimum absolute atomic E-state index is 0.124. The summed E-state index contributed by atoms with van der Waals surface area (Å²) < 4.78 is 0. The van der Waals surface area contributed by atoms with Gasteiger partial charge in [0.05, 0.1) is 0 Å². The van der Waals surface area contributed by atoms with Crippen LogP contribution in [-0.4, -0.2) is 11.0 Å². The molecule has 0 aliphatic carbocycles. The van der Waals surface area contributed by atoms with Crippen molar-refractivity contribution in [2.45, 2.75) is 53.5 Å². The van der Waals surface area contributed by atoms with Gasteiger partial charge in [-0.05, 0) is 140 Å². The van der Waals surface area contributed by atoms with Gasteiger partial charge >= 0.3 is 0 Å². The number of pyridine rings is 1. The van der Waals surface area contributed by atoms with Crippen LogP contribution in [0.5, 0.6) is 0 Å². The molecule has 3 heteroatoms. The number of anilines is 2. The van der Waals surface area contributed by atoms with Crippen molar-refractivity contribution in [3.8, 4) is 22.3 Å². The lowest BCUT2D eigenvalue weighted by molar-refractivity contribution is 0.819. The van der Waals surface area contributed by atoms with E-state index in [9.17, 15) is 0 Å². The highest BCUT2D eigenvalue weighted by molar-refractivity contribution is 5.71. The molecule has 2 atom stereocenters. The Bertz CT molecular complexity index is 2220. The Kier molecular flexibility index (Phi) is 13.1. The highest BCUT2D eigenvalue weighted by atomic mass is 15.2. The summed E-state index contributed by atoms with van der Waals surface area (Å²) >= 11 is 0. The Hall–Kier alpha value is -6.19. The normalized spacial score (nSPS) is 24.2. The fraction of sp³-hybridized carbons (Fsp3) is 0.173. The highest BCUT2D eigenvalue weighted by Crippen LogP contribution is 2.33. The van der Waals surface area contributed by atoms with E-state index in [1.807, 2.05) is 12.4 Å². The van der Waals surface area contributed by atoms with Crippen LogP contribution in [0.15, 0.2) is 223 Å². The van der Waals surface area contributed by atoms with Crippen LogP contribution in [0.3, 0.4) is 0 Å². The Morgan fingerprint density at radius 2 is 1.40 bits per heavy atom. The highest BCUT2D eigenvalue weighted by Gasteiger charge is 2.18. The molecule has 0 saturated carbocycles. The van der Waals surface area contributed by atoms with Gasteiger partial charge in [-0.2, -0.15) is 0 Å². The first-order valence-electron chi connectivity index (χ1n) is 19.4. The number of nitrogens with zero attached hydrogens (tertiary/aromatic N) is 3. The first kappa shape index (κ1) is 38.5. The number of benzene rings is 3. The molecule has 0 amide bonds. The maximum Gasteiger partial charge on any atom is 0.0493 e. The summed E-state index contributed by atoms with van der Waals surface area (Å²) in [6.07, 6.45) is 34.6. The van der Waals surface area contributed by atoms with E-state index in [0.717, 1.165) is 52.4 Å². The van der Waals surface area contributed by atoms with Crippen LogP contribution in [0, 0.1) is 5.92 Å². The average Bonchev–Trinajstić information content (AvgIpc) is 3.22. The quantitative estimate of drug-likeness (QED) is 0.198. The molecule has 2 aliphatic rings. The molecule has 3 aromatic carbocycles. The fourth-order valence-corrected chi connectivity index (χ4v) is 7.12. The average molecular weight is 720 g/mol. The van der Waals surface area contributed by atoms with Gasteiger partial charge in [0.2, 0.25) is 0 Å². The standard InChI is InChI=1S/C52H53N3/c1-7-15-52-40(3)17-13-21-45(28-26-43(6)55(52)50-32-30-47(31-33-50)44-19-9-8-10-20-44)46-27-24-39(2)16-11-12-18-41(4)54(42(5)25-29-46)51-23-14-22-49(38-51)48-34-36-53-37-35-48/h7-12,14-16,18-39,41H,6,13,17H2,1-5H3/b15-7-,16-11-,18-12-,27-24+,28-26-,42-25+,45-21?,46-29+,52-40-. The lowest BCUT2D eigenvalue weighted by Gasteiger charge is -2.31. The molecule has 0 radical (unpaired) electrons. The van der Waals surface area contributed by atoms with Crippen molar-refractivity contribution < 1.29 is 0 Å². The van der Waals surface area contributed by atoms with E-state index in [0.29, 0.717) is 0 Å². The first-order valence-corrected chi connectivity index (χ1v) is 19.4. The molecule has 1 aromatic heterocycles. The molecule has 55 heavy (non-hydrogen) atoms. The van der Waals surface area contributed by atoms with E-state index in [4.69, 9.17) is 0 Å². The van der Waals surface area contributed by atoms with Crippen LogP contribution in [0.1, 0.15) is 47.5 Å². The first-order chi connectivity index (χ1) is 26.8. The van der Waals surface area contributed by atoms with Crippen molar-refractivity contribution >= 4 is 11.4 Å². The van der Waals surface area contributed by atoms with Crippen LogP contribution in [0.25, 0.3) is 22.3 Å². The molecule has 0 saturated heterocycles. The van der Waals surface area contributed by atoms with Gasteiger partial charge in [0.1, 0.15) is 0 Å². The number of allylic oxidation sites excluding steroid dienone is 16. The monoisotopic (exact) mass is 719 g/mol. The van der Waals surface area contributed by atoms with Gasteiger partial charge in [0, 0.05) is 46.9 Å². The van der Waals surface area contributed by atoms with Crippen molar-refractivity contribution in [1.29, 1.82) is 0 Å². The van der Waals surface area contributed by atoms with Crippen LogP contribution in [0.2, 0.25) is 0 Å². The molecular formula is C52H53N3.